The van der Waals surface area contributed by atoms with Gasteiger partial charge >= 0.3 is 0 Å². The predicted octanol–water partition coefficient (Wildman–Crippen LogP) is 3.29. The Kier molecular flexibility index (Phi) is 4.35. The molecule has 0 bridgehead atoms. The molecule has 1 saturated heterocycles. The quantitative estimate of drug-likeness (QED) is 0.818. The summed E-state index contributed by atoms with van der Waals surface area (Å²) in [6.07, 6.45) is 3.38. The van der Waals surface area contributed by atoms with Crippen molar-refractivity contribution >= 4 is 28.3 Å². The number of hydrogen-bond acceptors (Lipinski definition) is 3. The molecule has 5 rings (SSSR count). The van der Waals surface area contributed by atoms with Crippen LogP contribution in [0.15, 0.2) is 36.4 Å². The third-order valence-corrected chi connectivity index (χ3v) is 7.77. The Morgan fingerprint density at radius 3 is 2.62 bits per heavy atom. The number of aryl methyl sites for hydroxylation is 1. The second kappa shape index (κ2) is 6.80. The standard InChI is InChI=1S/C23H24N2O3S/c1-14-2-3-16(21(26)24-17-5-6-17)12-18(14)15-4-7-19-20(13-15)25-22(27)23(19)8-10-29(28)11-9-23/h2-4,7,12-13,17H,5-6,8-11H2,1H3,(H,24,26)(H,25,27). The predicted molar refractivity (Wildman–Crippen MR) is 115 cm³/mol. The molecular weight excluding hydrogens is 384 g/mol. The number of nitrogens with one attached hydrogen (secondary N) is 2. The number of carbonyl (C=O) groups is 2. The van der Waals surface area contributed by atoms with Crippen molar-refractivity contribution in [1.82, 2.24) is 5.32 Å². The van der Waals surface area contributed by atoms with Gasteiger partial charge in [-0.15, -0.1) is 0 Å². The van der Waals surface area contributed by atoms with Gasteiger partial charge in [0, 0.05) is 39.6 Å². The lowest BCUT2D eigenvalue weighted by Gasteiger charge is -2.31. The highest BCUT2D eigenvalue weighted by Crippen LogP contribution is 2.46. The minimum absolute atomic E-state index is 0.0237. The highest BCUT2D eigenvalue weighted by Gasteiger charge is 2.48. The molecule has 2 aliphatic heterocycles. The fourth-order valence-corrected chi connectivity index (χ4v) is 5.82. The van der Waals surface area contributed by atoms with Crippen LogP contribution >= 0.6 is 0 Å². The van der Waals surface area contributed by atoms with Gasteiger partial charge in [0.05, 0.1) is 5.41 Å². The van der Waals surface area contributed by atoms with Crippen molar-refractivity contribution < 1.29 is 13.8 Å². The Balaban J connectivity index is 1.49. The lowest BCUT2D eigenvalue weighted by molar-refractivity contribution is -0.121. The lowest BCUT2D eigenvalue weighted by atomic mass is 9.76. The van der Waals surface area contributed by atoms with Gasteiger partial charge < -0.3 is 10.6 Å². The van der Waals surface area contributed by atoms with Crippen LogP contribution in [0, 0.1) is 6.92 Å². The van der Waals surface area contributed by atoms with E-state index < -0.39 is 16.2 Å². The molecule has 1 spiro atoms. The maximum absolute atomic E-state index is 12.8. The number of amides is 2. The van der Waals surface area contributed by atoms with E-state index in [4.69, 9.17) is 0 Å². The first-order valence-corrected chi connectivity index (χ1v) is 11.7. The summed E-state index contributed by atoms with van der Waals surface area (Å²) in [5.41, 5.74) is 5.04. The van der Waals surface area contributed by atoms with Crippen LogP contribution in [0.2, 0.25) is 0 Å². The van der Waals surface area contributed by atoms with Crippen molar-refractivity contribution in [3.8, 4) is 11.1 Å². The van der Waals surface area contributed by atoms with Crippen LogP contribution in [0.1, 0.15) is 47.2 Å². The minimum atomic E-state index is -0.816. The third kappa shape index (κ3) is 3.19. The highest BCUT2D eigenvalue weighted by molar-refractivity contribution is 7.85. The highest BCUT2D eigenvalue weighted by atomic mass is 32.2. The van der Waals surface area contributed by atoms with Crippen molar-refractivity contribution in [2.24, 2.45) is 0 Å². The van der Waals surface area contributed by atoms with Gasteiger partial charge in [0.25, 0.3) is 5.91 Å². The van der Waals surface area contributed by atoms with Crippen molar-refractivity contribution in [2.75, 3.05) is 16.8 Å². The van der Waals surface area contributed by atoms with Gasteiger partial charge in [-0.1, -0.05) is 18.2 Å². The fourth-order valence-electron chi connectivity index (χ4n) is 4.47. The third-order valence-electron chi connectivity index (χ3n) is 6.45. The van der Waals surface area contributed by atoms with Gasteiger partial charge in [0.2, 0.25) is 5.91 Å². The second-order valence-electron chi connectivity index (χ2n) is 8.42. The fraction of sp³-hybridized carbons (Fsp3) is 0.391. The smallest absolute Gasteiger partial charge is 0.251 e. The van der Waals surface area contributed by atoms with Crippen molar-refractivity contribution in [1.29, 1.82) is 0 Å². The molecule has 2 N–H and O–H groups in total. The molecule has 2 heterocycles. The molecule has 0 aromatic heterocycles. The Hall–Kier alpha value is -2.47. The maximum Gasteiger partial charge on any atom is 0.251 e. The van der Waals surface area contributed by atoms with Crippen LogP contribution in [0.4, 0.5) is 5.69 Å². The normalized spacial score (nSPS) is 25.6. The Morgan fingerprint density at radius 1 is 1.14 bits per heavy atom. The van der Waals surface area contributed by atoms with Gasteiger partial charge in [0.15, 0.2) is 0 Å². The van der Waals surface area contributed by atoms with Gasteiger partial charge in [-0.3, -0.25) is 13.8 Å². The van der Waals surface area contributed by atoms with E-state index in [1.807, 2.05) is 43.3 Å². The molecule has 6 heteroatoms. The lowest BCUT2D eigenvalue weighted by Crippen LogP contribution is -2.40. The van der Waals surface area contributed by atoms with E-state index in [2.05, 4.69) is 10.6 Å². The molecule has 3 aliphatic rings. The van der Waals surface area contributed by atoms with Crippen LogP contribution in [-0.2, 0) is 21.0 Å². The summed E-state index contributed by atoms with van der Waals surface area (Å²) < 4.78 is 11.8. The van der Waals surface area contributed by atoms with Crippen molar-refractivity contribution in [2.45, 2.75) is 44.1 Å². The summed E-state index contributed by atoms with van der Waals surface area (Å²) in [4.78, 5) is 25.3. The minimum Gasteiger partial charge on any atom is -0.349 e. The second-order valence-corrected chi connectivity index (χ2v) is 10.1. The van der Waals surface area contributed by atoms with Crippen LogP contribution in [0.3, 0.4) is 0 Å². The van der Waals surface area contributed by atoms with Gasteiger partial charge in [-0.2, -0.15) is 0 Å². The zero-order valence-electron chi connectivity index (χ0n) is 16.4. The number of hydrogen-bond donors (Lipinski definition) is 2. The molecule has 2 aromatic carbocycles. The summed E-state index contributed by atoms with van der Waals surface area (Å²) >= 11 is 0. The van der Waals surface area contributed by atoms with Gasteiger partial charge in [-0.05, 0) is 73.1 Å². The average Bonchev–Trinajstić information content (AvgIpc) is 3.48. The number of rotatable bonds is 3. The summed E-state index contributed by atoms with van der Waals surface area (Å²) in [5.74, 6) is 1.14. The summed E-state index contributed by atoms with van der Waals surface area (Å²) in [7, 11) is -0.816. The molecule has 0 unspecified atom stereocenters. The summed E-state index contributed by atoms with van der Waals surface area (Å²) in [5, 5.41) is 6.09. The van der Waals surface area contributed by atoms with Crippen LogP contribution in [0.25, 0.3) is 11.1 Å². The number of fused-ring (bicyclic) bond motifs is 2. The Morgan fingerprint density at radius 2 is 1.90 bits per heavy atom. The number of benzene rings is 2. The number of anilines is 1. The molecule has 1 saturated carbocycles. The zero-order chi connectivity index (χ0) is 20.2. The zero-order valence-corrected chi connectivity index (χ0v) is 17.2. The molecule has 29 heavy (non-hydrogen) atoms. The van der Waals surface area contributed by atoms with E-state index in [0.717, 1.165) is 40.8 Å². The molecule has 1 aliphatic carbocycles. The van der Waals surface area contributed by atoms with E-state index in [9.17, 15) is 13.8 Å². The number of carbonyl (C=O) groups excluding carboxylic acids is 2. The summed E-state index contributed by atoms with van der Waals surface area (Å²) in [6.45, 7) is 2.03. The molecule has 2 amide bonds. The molecule has 5 nitrogen and oxygen atoms in total. The van der Waals surface area contributed by atoms with E-state index >= 15 is 0 Å². The Labute approximate surface area is 172 Å². The monoisotopic (exact) mass is 408 g/mol. The van der Waals surface area contributed by atoms with E-state index in [1.54, 1.807) is 0 Å². The summed E-state index contributed by atoms with van der Waals surface area (Å²) in [6, 6.07) is 12.2. The van der Waals surface area contributed by atoms with Crippen LogP contribution in [-0.4, -0.2) is 33.6 Å². The first-order chi connectivity index (χ1) is 14.0. The SMILES string of the molecule is Cc1ccc(C(=O)NC2CC2)cc1-c1ccc2c(c1)NC(=O)C21CCS(=O)CC1. The van der Waals surface area contributed by atoms with E-state index in [-0.39, 0.29) is 11.8 Å². The van der Waals surface area contributed by atoms with Gasteiger partial charge in [-0.25, -0.2) is 0 Å². The van der Waals surface area contributed by atoms with E-state index in [0.29, 0.717) is 36.0 Å². The largest absolute Gasteiger partial charge is 0.349 e. The Bertz CT molecular complexity index is 1050. The first kappa shape index (κ1) is 18.6. The molecule has 0 radical (unpaired) electrons. The molecular formula is C23H24N2O3S. The van der Waals surface area contributed by atoms with E-state index in [1.165, 1.54) is 0 Å². The molecule has 2 fully saturated rings. The van der Waals surface area contributed by atoms with Gasteiger partial charge in [0.1, 0.15) is 0 Å². The topological polar surface area (TPSA) is 75.3 Å². The molecule has 2 aromatic rings. The maximum atomic E-state index is 12.8. The van der Waals surface area contributed by atoms with Crippen molar-refractivity contribution in [3.63, 3.8) is 0 Å². The molecule has 150 valence electrons. The van der Waals surface area contributed by atoms with Crippen LogP contribution in [0.5, 0.6) is 0 Å². The van der Waals surface area contributed by atoms with Crippen molar-refractivity contribution in [3.05, 3.63) is 53.1 Å². The molecule has 0 atom stereocenters. The first-order valence-electron chi connectivity index (χ1n) is 10.2. The van der Waals surface area contributed by atoms with Crippen LogP contribution < -0.4 is 10.6 Å². The average molecular weight is 409 g/mol.